The second-order valence-electron chi connectivity index (χ2n) is 4.45. The van der Waals surface area contributed by atoms with Crippen molar-refractivity contribution in [3.63, 3.8) is 0 Å². The van der Waals surface area contributed by atoms with Crippen LogP contribution in [0.15, 0.2) is 12.1 Å². The molecule has 5 nitrogen and oxygen atoms in total. The van der Waals surface area contributed by atoms with Crippen molar-refractivity contribution >= 4 is 5.91 Å². The van der Waals surface area contributed by atoms with E-state index in [0.717, 1.165) is 0 Å². The van der Waals surface area contributed by atoms with E-state index in [1.54, 1.807) is 6.92 Å². The first-order valence-electron chi connectivity index (χ1n) is 5.19. The predicted octanol–water partition coefficient (Wildman–Crippen LogP) is 1.14. The van der Waals surface area contributed by atoms with Gasteiger partial charge in [0.1, 0.15) is 17.8 Å². The Bertz CT molecular complexity index is 560. The molecule has 96 valence electrons. The molecule has 3 rings (SSSR count). The number of hydrogen-bond acceptors (Lipinski definition) is 4. The summed E-state index contributed by atoms with van der Waals surface area (Å²) in [5.41, 5.74) is 4.68. The number of halogens is 2. The number of fused-ring (bicyclic) bond motifs is 2. The van der Waals surface area contributed by atoms with Crippen molar-refractivity contribution in [1.82, 2.24) is 0 Å². The van der Waals surface area contributed by atoms with Crippen LogP contribution in [0.4, 0.5) is 8.78 Å². The lowest BCUT2D eigenvalue weighted by Crippen LogP contribution is -2.39. The Kier molecular flexibility index (Phi) is 1.87. The molecule has 7 heteroatoms. The first-order chi connectivity index (χ1) is 8.32. The second-order valence-corrected chi connectivity index (χ2v) is 4.45. The van der Waals surface area contributed by atoms with Crippen LogP contribution in [0.3, 0.4) is 0 Å². The summed E-state index contributed by atoms with van der Waals surface area (Å²) in [5, 5.41) is 0. The molecule has 0 radical (unpaired) electrons. The topological polar surface area (TPSA) is 70.8 Å². The SMILES string of the molecule is CC1(C(N)=O)COc2cc3c(cc21)OC(F)(F)O3. The minimum absolute atomic E-state index is 0.0664. The number of rotatable bonds is 1. The Labute approximate surface area is 100 Å². The third-order valence-electron chi connectivity index (χ3n) is 3.16. The molecule has 0 aromatic heterocycles. The highest BCUT2D eigenvalue weighted by molar-refractivity contribution is 5.88. The van der Waals surface area contributed by atoms with Crippen LogP contribution in [0.1, 0.15) is 12.5 Å². The summed E-state index contributed by atoms with van der Waals surface area (Å²) in [6.45, 7) is 1.65. The number of benzene rings is 1. The van der Waals surface area contributed by atoms with Crippen molar-refractivity contribution in [1.29, 1.82) is 0 Å². The van der Waals surface area contributed by atoms with Crippen LogP contribution in [0.25, 0.3) is 0 Å². The van der Waals surface area contributed by atoms with Gasteiger partial charge in [-0.05, 0) is 13.0 Å². The summed E-state index contributed by atoms with van der Waals surface area (Å²) in [6.07, 6.45) is -3.69. The molecule has 2 aliphatic heterocycles. The van der Waals surface area contributed by atoms with Crippen LogP contribution in [0.5, 0.6) is 17.2 Å². The molecule has 2 aliphatic rings. The van der Waals surface area contributed by atoms with Crippen LogP contribution >= 0.6 is 0 Å². The van der Waals surface area contributed by atoms with Gasteiger partial charge in [-0.3, -0.25) is 4.79 Å². The minimum Gasteiger partial charge on any atom is -0.492 e. The monoisotopic (exact) mass is 257 g/mol. The van der Waals surface area contributed by atoms with E-state index in [1.807, 2.05) is 0 Å². The Morgan fingerprint density at radius 1 is 1.28 bits per heavy atom. The molecule has 2 N–H and O–H groups in total. The van der Waals surface area contributed by atoms with Gasteiger partial charge < -0.3 is 19.9 Å². The Hall–Kier alpha value is -2.05. The molecule has 0 aliphatic carbocycles. The van der Waals surface area contributed by atoms with Gasteiger partial charge in [-0.25, -0.2) is 0 Å². The molecule has 0 bridgehead atoms. The molecule has 1 unspecified atom stereocenters. The first-order valence-corrected chi connectivity index (χ1v) is 5.19. The van der Waals surface area contributed by atoms with Gasteiger partial charge in [0.15, 0.2) is 11.5 Å². The van der Waals surface area contributed by atoms with Crippen molar-refractivity contribution in [3.05, 3.63) is 17.7 Å². The van der Waals surface area contributed by atoms with Crippen molar-refractivity contribution in [2.75, 3.05) is 6.61 Å². The van der Waals surface area contributed by atoms with E-state index in [-0.39, 0.29) is 18.1 Å². The lowest BCUT2D eigenvalue weighted by Gasteiger charge is -2.17. The Balaban J connectivity index is 2.11. The highest BCUT2D eigenvalue weighted by Crippen LogP contribution is 2.49. The van der Waals surface area contributed by atoms with Gasteiger partial charge in [-0.1, -0.05) is 0 Å². The van der Waals surface area contributed by atoms with Gasteiger partial charge in [0, 0.05) is 11.6 Å². The molecular weight excluding hydrogens is 248 g/mol. The normalized spacial score (nSPS) is 26.6. The lowest BCUT2D eigenvalue weighted by atomic mass is 9.84. The maximum atomic E-state index is 12.9. The largest absolute Gasteiger partial charge is 0.586 e. The molecule has 18 heavy (non-hydrogen) atoms. The van der Waals surface area contributed by atoms with E-state index in [2.05, 4.69) is 9.47 Å². The van der Waals surface area contributed by atoms with Gasteiger partial charge in [-0.2, -0.15) is 0 Å². The fourth-order valence-electron chi connectivity index (χ4n) is 2.03. The molecule has 2 heterocycles. The maximum absolute atomic E-state index is 12.9. The van der Waals surface area contributed by atoms with Gasteiger partial charge in [0.2, 0.25) is 5.91 Å². The third-order valence-corrected chi connectivity index (χ3v) is 3.16. The van der Waals surface area contributed by atoms with Gasteiger partial charge >= 0.3 is 6.29 Å². The molecule has 1 atom stereocenters. The van der Waals surface area contributed by atoms with Crippen LogP contribution in [0.2, 0.25) is 0 Å². The maximum Gasteiger partial charge on any atom is 0.586 e. The first kappa shape index (κ1) is 11.1. The average Bonchev–Trinajstić information content (AvgIpc) is 2.72. The summed E-state index contributed by atoms with van der Waals surface area (Å²) in [7, 11) is 0. The Morgan fingerprint density at radius 2 is 1.89 bits per heavy atom. The summed E-state index contributed by atoms with van der Waals surface area (Å²) in [6, 6.07) is 2.59. The minimum atomic E-state index is -3.69. The fraction of sp³-hybridized carbons (Fsp3) is 0.364. The zero-order valence-electron chi connectivity index (χ0n) is 9.33. The second kappa shape index (κ2) is 3.04. The highest BCUT2D eigenvalue weighted by atomic mass is 19.3. The van der Waals surface area contributed by atoms with Crippen LogP contribution < -0.4 is 19.9 Å². The Morgan fingerprint density at radius 3 is 2.50 bits per heavy atom. The third kappa shape index (κ3) is 1.33. The summed E-state index contributed by atoms with van der Waals surface area (Å²) in [4.78, 5) is 11.4. The number of amides is 1. The lowest BCUT2D eigenvalue weighted by molar-refractivity contribution is -0.286. The highest BCUT2D eigenvalue weighted by Gasteiger charge is 2.48. The van der Waals surface area contributed by atoms with Gasteiger partial charge in [0.05, 0.1) is 0 Å². The molecule has 1 aromatic carbocycles. The van der Waals surface area contributed by atoms with E-state index >= 15 is 0 Å². The molecule has 1 aromatic rings. The molecule has 1 amide bonds. The van der Waals surface area contributed by atoms with Crippen molar-refractivity contribution in [2.45, 2.75) is 18.6 Å². The smallest absolute Gasteiger partial charge is 0.492 e. The van der Waals surface area contributed by atoms with Crippen molar-refractivity contribution in [2.24, 2.45) is 5.73 Å². The summed E-state index contributed by atoms with van der Waals surface area (Å²) < 4.78 is 39.7. The van der Waals surface area contributed by atoms with E-state index in [4.69, 9.17) is 10.5 Å². The molecule has 0 saturated carbocycles. The number of carbonyl (C=O) groups is 1. The number of ether oxygens (including phenoxy) is 3. The van der Waals surface area contributed by atoms with Crippen LogP contribution in [-0.4, -0.2) is 18.8 Å². The number of primary amides is 1. The number of alkyl halides is 2. The molecule has 0 spiro atoms. The van der Waals surface area contributed by atoms with Gasteiger partial charge in [-0.15, -0.1) is 8.78 Å². The number of hydrogen-bond donors (Lipinski definition) is 1. The van der Waals surface area contributed by atoms with Crippen LogP contribution in [-0.2, 0) is 10.2 Å². The van der Waals surface area contributed by atoms with Crippen molar-refractivity contribution < 1.29 is 27.8 Å². The predicted molar refractivity (Wildman–Crippen MR) is 54.7 cm³/mol. The van der Waals surface area contributed by atoms with E-state index in [1.165, 1.54) is 12.1 Å². The van der Waals surface area contributed by atoms with Gasteiger partial charge in [0.25, 0.3) is 0 Å². The fourth-order valence-corrected chi connectivity index (χ4v) is 2.03. The van der Waals surface area contributed by atoms with E-state index in [0.29, 0.717) is 11.3 Å². The molecule has 0 saturated heterocycles. The molecular formula is C11H9F2NO4. The summed E-state index contributed by atoms with van der Waals surface area (Å²) in [5.74, 6) is -0.535. The van der Waals surface area contributed by atoms with Crippen LogP contribution in [0, 0.1) is 0 Å². The zero-order chi connectivity index (χ0) is 13.1. The van der Waals surface area contributed by atoms with E-state index in [9.17, 15) is 13.6 Å². The zero-order valence-corrected chi connectivity index (χ0v) is 9.33. The number of carbonyl (C=O) groups excluding carboxylic acids is 1. The van der Waals surface area contributed by atoms with Crippen molar-refractivity contribution in [3.8, 4) is 17.2 Å². The average molecular weight is 257 g/mol. The molecule has 0 fully saturated rings. The quantitative estimate of drug-likeness (QED) is 0.819. The standard InChI is InChI=1S/C11H9F2NO4/c1-10(9(14)15)4-16-6-3-8-7(2-5(6)10)17-11(12,13)18-8/h2-3H,4H2,1H3,(H2,14,15). The summed E-state index contributed by atoms with van der Waals surface area (Å²) >= 11 is 0. The van der Waals surface area contributed by atoms with E-state index < -0.39 is 17.6 Å². The number of nitrogens with two attached hydrogens (primary N) is 1.